The molecule has 0 radical (unpaired) electrons. The van der Waals surface area contributed by atoms with Crippen LogP contribution in [-0.2, 0) is 9.53 Å². The molecule has 0 amide bonds. The quantitative estimate of drug-likeness (QED) is 0.278. The van der Waals surface area contributed by atoms with E-state index in [-0.39, 0.29) is 6.61 Å². The summed E-state index contributed by atoms with van der Waals surface area (Å²) in [5.74, 6) is -0.717. The van der Waals surface area contributed by atoms with Crippen LogP contribution in [0.4, 0.5) is 0 Å². The zero-order chi connectivity index (χ0) is 18.0. The summed E-state index contributed by atoms with van der Waals surface area (Å²) in [4.78, 5) is 11.4. The van der Waals surface area contributed by atoms with Gasteiger partial charge in [-0.1, -0.05) is 84.0 Å². The molecule has 0 spiro atoms. The minimum atomic E-state index is -1.13. The van der Waals surface area contributed by atoms with Gasteiger partial charge in [-0.05, 0) is 6.42 Å². The van der Waals surface area contributed by atoms with Crippen LogP contribution in [0, 0.1) is 0 Å². The third-order valence-corrected chi connectivity index (χ3v) is 4.23. The lowest BCUT2D eigenvalue weighted by Gasteiger charge is -2.12. The standard InChI is InChI=1S/C19H38O5/c1-2-3-4-5-6-7-8-9-10-11-12-13-14-18(22)19(23)24-16-17(21)15-20/h17-18,20-22H,2-16H2,1H3. The summed E-state index contributed by atoms with van der Waals surface area (Å²) in [5.41, 5.74) is 0. The maximum atomic E-state index is 11.4. The monoisotopic (exact) mass is 346 g/mol. The normalized spacial score (nSPS) is 13.7. The Labute approximate surface area is 147 Å². The molecule has 0 saturated carbocycles. The van der Waals surface area contributed by atoms with Crippen molar-refractivity contribution in [2.75, 3.05) is 13.2 Å². The topological polar surface area (TPSA) is 87.0 Å². The molecule has 24 heavy (non-hydrogen) atoms. The number of ether oxygens (including phenoxy) is 1. The molecule has 0 aromatic carbocycles. The van der Waals surface area contributed by atoms with Crippen LogP contribution in [0.3, 0.4) is 0 Å². The van der Waals surface area contributed by atoms with Crippen molar-refractivity contribution in [2.45, 2.75) is 103 Å². The Hall–Kier alpha value is -0.650. The molecule has 3 N–H and O–H groups in total. The van der Waals surface area contributed by atoms with E-state index in [0.29, 0.717) is 6.42 Å². The van der Waals surface area contributed by atoms with Gasteiger partial charge in [0.2, 0.25) is 0 Å². The van der Waals surface area contributed by atoms with Crippen molar-refractivity contribution >= 4 is 5.97 Å². The predicted molar refractivity (Wildman–Crippen MR) is 95.8 cm³/mol. The molecule has 0 fully saturated rings. The van der Waals surface area contributed by atoms with Crippen molar-refractivity contribution < 1.29 is 24.9 Å². The molecule has 0 bridgehead atoms. The number of aliphatic hydroxyl groups is 3. The molecule has 5 heteroatoms. The number of carbonyl (C=O) groups excluding carboxylic acids is 1. The molecule has 0 aromatic rings. The maximum absolute atomic E-state index is 11.4. The zero-order valence-corrected chi connectivity index (χ0v) is 15.4. The van der Waals surface area contributed by atoms with E-state index in [1.54, 1.807) is 0 Å². The fourth-order valence-corrected chi connectivity index (χ4v) is 2.62. The minimum Gasteiger partial charge on any atom is -0.461 e. The van der Waals surface area contributed by atoms with Gasteiger partial charge in [-0.2, -0.15) is 0 Å². The molecule has 0 rings (SSSR count). The summed E-state index contributed by atoms with van der Waals surface area (Å²) in [6.45, 7) is 1.51. The molecule has 0 aromatic heterocycles. The molecule has 2 unspecified atom stereocenters. The van der Waals surface area contributed by atoms with E-state index in [2.05, 4.69) is 6.92 Å². The van der Waals surface area contributed by atoms with Crippen LogP contribution in [0.15, 0.2) is 0 Å². The van der Waals surface area contributed by atoms with Crippen LogP contribution in [-0.4, -0.2) is 46.7 Å². The SMILES string of the molecule is CCCCCCCCCCCCCCC(O)C(=O)OCC(O)CO. The molecule has 5 nitrogen and oxygen atoms in total. The van der Waals surface area contributed by atoms with Gasteiger partial charge in [0, 0.05) is 0 Å². The van der Waals surface area contributed by atoms with Gasteiger partial charge in [0.1, 0.15) is 12.7 Å². The highest BCUT2D eigenvalue weighted by Gasteiger charge is 2.17. The minimum absolute atomic E-state index is 0.273. The van der Waals surface area contributed by atoms with Crippen molar-refractivity contribution in [1.29, 1.82) is 0 Å². The zero-order valence-electron chi connectivity index (χ0n) is 15.4. The highest BCUT2D eigenvalue weighted by molar-refractivity contribution is 5.74. The fourth-order valence-electron chi connectivity index (χ4n) is 2.62. The predicted octanol–water partition coefficient (Wildman–Crippen LogP) is 3.33. The lowest BCUT2D eigenvalue weighted by molar-refractivity contribution is -0.157. The van der Waals surface area contributed by atoms with E-state index in [4.69, 9.17) is 14.9 Å². The Morgan fingerprint density at radius 2 is 1.29 bits per heavy atom. The van der Waals surface area contributed by atoms with E-state index in [1.807, 2.05) is 0 Å². The van der Waals surface area contributed by atoms with E-state index >= 15 is 0 Å². The first-order valence-corrected chi connectivity index (χ1v) is 9.75. The number of aliphatic hydroxyl groups excluding tert-OH is 3. The van der Waals surface area contributed by atoms with Gasteiger partial charge in [-0.25, -0.2) is 4.79 Å². The average molecular weight is 347 g/mol. The van der Waals surface area contributed by atoms with Crippen LogP contribution < -0.4 is 0 Å². The molecule has 0 aliphatic heterocycles. The molecule has 0 aliphatic carbocycles. The summed E-state index contributed by atoms with van der Waals surface area (Å²) in [6.07, 6.45) is 13.1. The summed E-state index contributed by atoms with van der Waals surface area (Å²) in [6, 6.07) is 0. The number of rotatable bonds is 17. The number of unbranched alkanes of at least 4 members (excludes halogenated alkanes) is 11. The van der Waals surface area contributed by atoms with E-state index in [1.165, 1.54) is 57.8 Å². The van der Waals surface area contributed by atoms with Crippen LogP contribution >= 0.6 is 0 Å². The van der Waals surface area contributed by atoms with Gasteiger partial charge >= 0.3 is 5.97 Å². The maximum Gasteiger partial charge on any atom is 0.335 e. The van der Waals surface area contributed by atoms with Crippen molar-refractivity contribution in [3.8, 4) is 0 Å². The van der Waals surface area contributed by atoms with Crippen molar-refractivity contribution in [3.05, 3.63) is 0 Å². The van der Waals surface area contributed by atoms with Gasteiger partial charge in [0.15, 0.2) is 6.10 Å². The van der Waals surface area contributed by atoms with Crippen LogP contribution in [0.5, 0.6) is 0 Å². The Morgan fingerprint density at radius 3 is 1.75 bits per heavy atom. The molecule has 144 valence electrons. The highest BCUT2D eigenvalue weighted by atomic mass is 16.6. The largest absolute Gasteiger partial charge is 0.461 e. The number of esters is 1. The Kier molecular flexibility index (Phi) is 16.7. The van der Waals surface area contributed by atoms with Gasteiger partial charge in [-0.15, -0.1) is 0 Å². The summed E-state index contributed by atoms with van der Waals surface area (Å²) in [5, 5.41) is 27.3. The van der Waals surface area contributed by atoms with Gasteiger partial charge in [0.05, 0.1) is 6.61 Å². The molecule has 0 aliphatic rings. The number of hydrogen-bond acceptors (Lipinski definition) is 5. The van der Waals surface area contributed by atoms with Crippen LogP contribution in [0.25, 0.3) is 0 Å². The highest BCUT2D eigenvalue weighted by Crippen LogP contribution is 2.13. The Balaban J connectivity index is 3.32. The second-order valence-corrected chi connectivity index (χ2v) is 6.66. The first-order valence-electron chi connectivity index (χ1n) is 9.75. The van der Waals surface area contributed by atoms with E-state index in [9.17, 15) is 9.90 Å². The summed E-state index contributed by atoms with van der Waals surface area (Å²) >= 11 is 0. The molecule has 2 atom stereocenters. The van der Waals surface area contributed by atoms with Gasteiger partial charge in [-0.3, -0.25) is 0 Å². The van der Waals surface area contributed by atoms with Crippen molar-refractivity contribution in [1.82, 2.24) is 0 Å². The number of hydrogen-bond donors (Lipinski definition) is 3. The first-order chi connectivity index (χ1) is 11.6. The molecule has 0 saturated heterocycles. The molecular weight excluding hydrogens is 308 g/mol. The fraction of sp³-hybridized carbons (Fsp3) is 0.947. The van der Waals surface area contributed by atoms with Gasteiger partial charge in [0.25, 0.3) is 0 Å². The smallest absolute Gasteiger partial charge is 0.335 e. The van der Waals surface area contributed by atoms with E-state index < -0.39 is 24.8 Å². The van der Waals surface area contributed by atoms with Crippen molar-refractivity contribution in [2.24, 2.45) is 0 Å². The van der Waals surface area contributed by atoms with E-state index in [0.717, 1.165) is 19.3 Å². The second-order valence-electron chi connectivity index (χ2n) is 6.66. The Morgan fingerprint density at radius 1 is 0.833 bits per heavy atom. The van der Waals surface area contributed by atoms with Crippen LogP contribution in [0.1, 0.15) is 90.4 Å². The second kappa shape index (κ2) is 17.2. The third-order valence-electron chi connectivity index (χ3n) is 4.23. The summed E-state index contributed by atoms with van der Waals surface area (Å²) in [7, 11) is 0. The average Bonchev–Trinajstić information content (AvgIpc) is 2.59. The summed E-state index contributed by atoms with van der Waals surface area (Å²) < 4.78 is 4.72. The van der Waals surface area contributed by atoms with Gasteiger partial charge < -0.3 is 20.1 Å². The molecular formula is C19H38O5. The number of carbonyl (C=O) groups is 1. The van der Waals surface area contributed by atoms with Crippen molar-refractivity contribution in [3.63, 3.8) is 0 Å². The van der Waals surface area contributed by atoms with Crippen LogP contribution in [0.2, 0.25) is 0 Å². The Bertz CT molecular complexity index is 283. The lowest BCUT2D eigenvalue weighted by Crippen LogP contribution is -2.28. The lowest BCUT2D eigenvalue weighted by atomic mass is 10.0. The molecule has 0 heterocycles. The first kappa shape index (κ1) is 23.4. The third kappa shape index (κ3) is 14.9.